The number of amides is 2. The zero-order valence-electron chi connectivity index (χ0n) is 15.3. The number of hydrogen-bond acceptors (Lipinski definition) is 4. The van der Waals surface area contributed by atoms with E-state index in [0.29, 0.717) is 30.8 Å². The van der Waals surface area contributed by atoms with Crippen LogP contribution in [0.25, 0.3) is 0 Å². The van der Waals surface area contributed by atoms with E-state index >= 15 is 0 Å². The largest absolute Gasteiger partial charge is 0.326 e. The Morgan fingerprint density at radius 3 is 2.00 bits per heavy atom. The lowest BCUT2D eigenvalue weighted by molar-refractivity contribution is -0.121. The van der Waals surface area contributed by atoms with Crippen LogP contribution in [0.15, 0.2) is 24.3 Å². The summed E-state index contributed by atoms with van der Waals surface area (Å²) in [6.07, 6.45) is 1.91. The lowest BCUT2D eigenvalue weighted by atomic mass is 9.96. The van der Waals surface area contributed by atoms with E-state index in [-0.39, 0.29) is 36.6 Å². The molecule has 1 aromatic rings. The van der Waals surface area contributed by atoms with Crippen molar-refractivity contribution in [2.24, 2.45) is 5.73 Å². The summed E-state index contributed by atoms with van der Waals surface area (Å²) in [4.78, 5) is 25.8. The van der Waals surface area contributed by atoms with Crippen LogP contribution in [0.5, 0.6) is 0 Å². The number of nitrogens with two attached hydrogens (primary N) is 1. The molecule has 0 fully saturated rings. The summed E-state index contributed by atoms with van der Waals surface area (Å²) in [5, 5.41) is 5.63. The molecule has 1 aromatic carbocycles. The minimum atomic E-state index is -0.881. The molecule has 0 saturated carbocycles. The molecule has 6 nitrogen and oxygen atoms in total. The average molecular weight is 393 g/mol. The van der Waals surface area contributed by atoms with Crippen LogP contribution in [0.4, 0.5) is 11.4 Å². The van der Waals surface area contributed by atoms with Gasteiger partial charge < -0.3 is 21.3 Å². The highest BCUT2D eigenvalue weighted by Crippen LogP contribution is 2.17. The zero-order valence-corrected chi connectivity index (χ0v) is 16.9. The SMILES string of the molecule is CCCC(C)(N)C(=O)Nc1ccc(NC(=O)CCN(C)C)cc1.Cl.Cl. The number of nitrogens with zero attached hydrogens (tertiary/aromatic N) is 1. The van der Waals surface area contributed by atoms with Crippen molar-refractivity contribution in [3.63, 3.8) is 0 Å². The van der Waals surface area contributed by atoms with Crippen LogP contribution < -0.4 is 16.4 Å². The second-order valence-corrected chi connectivity index (χ2v) is 6.30. The van der Waals surface area contributed by atoms with Gasteiger partial charge in [-0.2, -0.15) is 0 Å². The van der Waals surface area contributed by atoms with Gasteiger partial charge in [0.05, 0.1) is 5.54 Å². The topological polar surface area (TPSA) is 87.5 Å². The Kier molecular flexibility index (Phi) is 12.5. The van der Waals surface area contributed by atoms with Crippen LogP contribution in [0, 0.1) is 0 Å². The first-order valence-corrected chi connectivity index (χ1v) is 7.89. The fourth-order valence-corrected chi connectivity index (χ4v) is 2.09. The molecule has 144 valence electrons. The Morgan fingerprint density at radius 1 is 1.08 bits per heavy atom. The van der Waals surface area contributed by atoms with Gasteiger partial charge in [0.1, 0.15) is 0 Å². The van der Waals surface area contributed by atoms with Crippen LogP contribution in [-0.4, -0.2) is 42.9 Å². The Balaban J connectivity index is 0. The summed E-state index contributed by atoms with van der Waals surface area (Å²) in [7, 11) is 3.85. The predicted molar refractivity (Wildman–Crippen MR) is 109 cm³/mol. The molecule has 8 heteroatoms. The van der Waals surface area contributed by atoms with Crippen molar-refractivity contribution >= 4 is 48.0 Å². The van der Waals surface area contributed by atoms with Gasteiger partial charge in [-0.3, -0.25) is 9.59 Å². The summed E-state index contributed by atoms with van der Waals surface area (Å²) in [5.74, 6) is -0.241. The molecule has 1 unspecified atom stereocenters. The van der Waals surface area contributed by atoms with E-state index in [1.54, 1.807) is 31.2 Å². The molecule has 0 spiro atoms. The van der Waals surface area contributed by atoms with E-state index in [9.17, 15) is 9.59 Å². The average Bonchev–Trinajstić information content (AvgIpc) is 2.47. The van der Waals surface area contributed by atoms with Crippen LogP contribution in [0.2, 0.25) is 0 Å². The van der Waals surface area contributed by atoms with Gasteiger partial charge in [0.25, 0.3) is 0 Å². The lowest BCUT2D eigenvalue weighted by Crippen LogP contribution is -2.48. The Bertz CT molecular complexity index is 534. The van der Waals surface area contributed by atoms with Crippen molar-refractivity contribution in [1.82, 2.24) is 4.90 Å². The number of rotatable bonds is 8. The number of carbonyl (C=O) groups excluding carboxylic acids is 2. The van der Waals surface area contributed by atoms with Crippen molar-refractivity contribution < 1.29 is 9.59 Å². The molecule has 0 aliphatic rings. The third kappa shape index (κ3) is 9.65. The van der Waals surface area contributed by atoms with Crippen LogP contribution in [0.3, 0.4) is 0 Å². The normalized spacial score (nSPS) is 12.4. The van der Waals surface area contributed by atoms with Crippen molar-refractivity contribution in [3.05, 3.63) is 24.3 Å². The van der Waals surface area contributed by atoms with Gasteiger partial charge in [0.15, 0.2) is 0 Å². The van der Waals surface area contributed by atoms with E-state index in [2.05, 4.69) is 10.6 Å². The lowest BCUT2D eigenvalue weighted by Gasteiger charge is -2.22. The third-order valence-electron chi connectivity index (χ3n) is 3.50. The second kappa shape index (κ2) is 12.1. The van der Waals surface area contributed by atoms with Gasteiger partial charge in [-0.25, -0.2) is 0 Å². The summed E-state index contributed by atoms with van der Waals surface area (Å²) in [6.45, 7) is 4.42. The highest BCUT2D eigenvalue weighted by Gasteiger charge is 2.27. The second-order valence-electron chi connectivity index (χ2n) is 6.30. The highest BCUT2D eigenvalue weighted by atomic mass is 35.5. The standard InChI is InChI=1S/C17H28N4O2.2ClH/c1-5-11-17(2,18)16(23)20-14-8-6-13(7-9-14)19-15(22)10-12-21(3)4;;/h6-9H,5,10-12,18H2,1-4H3,(H,19,22)(H,20,23);2*1H. The molecule has 0 saturated heterocycles. The molecule has 2 amide bonds. The van der Waals surface area contributed by atoms with Crippen LogP contribution in [-0.2, 0) is 9.59 Å². The maximum atomic E-state index is 12.1. The molecular formula is C17H30Cl2N4O2. The maximum absolute atomic E-state index is 12.1. The van der Waals surface area contributed by atoms with E-state index in [0.717, 1.165) is 6.42 Å². The smallest absolute Gasteiger partial charge is 0.244 e. The van der Waals surface area contributed by atoms with E-state index in [1.165, 1.54) is 0 Å². The monoisotopic (exact) mass is 392 g/mol. The molecule has 0 heterocycles. The van der Waals surface area contributed by atoms with Crippen LogP contribution in [0.1, 0.15) is 33.1 Å². The van der Waals surface area contributed by atoms with E-state index in [1.807, 2.05) is 25.9 Å². The fraction of sp³-hybridized carbons (Fsp3) is 0.529. The van der Waals surface area contributed by atoms with Gasteiger partial charge >= 0.3 is 0 Å². The first kappa shape index (κ1) is 25.9. The number of hydrogen-bond donors (Lipinski definition) is 3. The van der Waals surface area contributed by atoms with E-state index < -0.39 is 5.54 Å². The van der Waals surface area contributed by atoms with E-state index in [4.69, 9.17) is 5.73 Å². The number of carbonyl (C=O) groups is 2. The fourth-order valence-electron chi connectivity index (χ4n) is 2.09. The van der Waals surface area contributed by atoms with Gasteiger partial charge in [0, 0.05) is 24.3 Å². The number of nitrogens with one attached hydrogen (secondary N) is 2. The Hall–Kier alpha value is -1.34. The molecule has 0 radical (unpaired) electrons. The summed E-state index contributed by atoms with van der Waals surface area (Å²) in [6, 6.07) is 7.02. The van der Waals surface area contributed by atoms with Gasteiger partial charge in [-0.05, 0) is 51.7 Å². The molecule has 1 rings (SSSR count). The maximum Gasteiger partial charge on any atom is 0.244 e. The van der Waals surface area contributed by atoms with Gasteiger partial charge in [-0.1, -0.05) is 13.3 Å². The molecule has 0 aliphatic carbocycles. The van der Waals surface area contributed by atoms with Crippen molar-refractivity contribution in [2.45, 2.75) is 38.6 Å². The molecule has 25 heavy (non-hydrogen) atoms. The number of benzene rings is 1. The van der Waals surface area contributed by atoms with Gasteiger partial charge in [0.2, 0.25) is 11.8 Å². The molecular weight excluding hydrogens is 363 g/mol. The highest BCUT2D eigenvalue weighted by molar-refractivity contribution is 5.98. The molecule has 0 bridgehead atoms. The summed E-state index contributed by atoms with van der Waals surface area (Å²) >= 11 is 0. The zero-order chi connectivity index (χ0) is 17.5. The molecule has 0 aromatic heterocycles. The Labute approximate surface area is 162 Å². The first-order chi connectivity index (χ1) is 10.7. The minimum absolute atomic E-state index is 0. The molecule has 1 atom stereocenters. The van der Waals surface area contributed by atoms with Crippen molar-refractivity contribution in [2.75, 3.05) is 31.3 Å². The molecule has 4 N–H and O–H groups in total. The molecule has 0 aliphatic heterocycles. The Morgan fingerprint density at radius 2 is 1.56 bits per heavy atom. The minimum Gasteiger partial charge on any atom is -0.326 e. The van der Waals surface area contributed by atoms with Crippen molar-refractivity contribution in [3.8, 4) is 0 Å². The first-order valence-electron chi connectivity index (χ1n) is 7.89. The quantitative estimate of drug-likeness (QED) is 0.634. The third-order valence-corrected chi connectivity index (χ3v) is 3.50. The van der Waals surface area contributed by atoms with Crippen molar-refractivity contribution in [1.29, 1.82) is 0 Å². The predicted octanol–water partition coefficient (Wildman–Crippen LogP) is 2.88. The number of halogens is 2. The number of anilines is 2. The van der Waals surface area contributed by atoms with Crippen LogP contribution >= 0.6 is 24.8 Å². The summed E-state index contributed by atoms with van der Waals surface area (Å²) < 4.78 is 0. The summed E-state index contributed by atoms with van der Waals surface area (Å²) in [5.41, 5.74) is 6.48. The van der Waals surface area contributed by atoms with Gasteiger partial charge in [-0.15, -0.1) is 24.8 Å².